The van der Waals surface area contributed by atoms with Gasteiger partial charge >= 0.3 is 0 Å². The minimum Gasteiger partial charge on any atom is -0.464 e. The molecule has 0 aromatic rings. The van der Waals surface area contributed by atoms with Crippen molar-refractivity contribution in [2.45, 2.75) is 19.8 Å². The fourth-order valence-electron chi connectivity index (χ4n) is 1.54. The third kappa shape index (κ3) is 1.11. The Morgan fingerprint density at radius 3 is 3.00 bits per heavy atom. The highest BCUT2D eigenvalue weighted by Crippen LogP contribution is 2.27. The SMILES string of the molecule is CCCc1ccoc2cccc1-2. The van der Waals surface area contributed by atoms with Crippen LogP contribution in [0.2, 0.25) is 0 Å². The van der Waals surface area contributed by atoms with E-state index < -0.39 is 0 Å². The molecule has 2 rings (SSSR count). The van der Waals surface area contributed by atoms with Crippen molar-refractivity contribution >= 4 is 0 Å². The van der Waals surface area contributed by atoms with Gasteiger partial charge in [0.1, 0.15) is 5.76 Å². The van der Waals surface area contributed by atoms with Crippen molar-refractivity contribution in [3.8, 4) is 11.3 Å². The zero-order valence-electron chi connectivity index (χ0n) is 7.21. The van der Waals surface area contributed by atoms with E-state index in [2.05, 4.69) is 19.1 Å². The van der Waals surface area contributed by atoms with E-state index >= 15 is 0 Å². The van der Waals surface area contributed by atoms with Crippen LogP contribution in [0.1, 0.15) is 18.9 Å². The van der Waals surface area contributed by atoms with Crippen LogP contribution >= 0.6 is 0 Å². The molecule has 0 unspecified atom stereocenters. The number of hydrogen-bond donors (Lipinski definition) is 0. The van der Waals surface area contributed by atoms with Crippen molar-refractivity contribution in [2.75, 3.05) is 0 Å². The van der Waals surface area contributed by atoms with E-state index in [0.29, 0.717) is 0 Å². The highest BCUT2D eigenvalue weighted by molar-refractivity contribution is 5.64. The van der Waals surface area contributed by atoms with Crippen molar-refractivity contribution in [3.63, 3.8) is 0 Å². The molecule has 62 valence electrons. The lowest BCUT2D eigenvalue weighted by molar-refractivity contribution is 0.564. The molecule has 1 heteroatoms. The molecule has 0 radical (unpaired) electrons. The summed E-state index contributed by atoms with van der Waals surface area (Å²) in [5.41, 5.74) is 2.66. The lowest BCUT2D eigenvalue weighted by atomic mass is 10.1. The molecule has 0 aromatic carbocycles. The van der Waals surface area contributed by atoms with Gasteiger partial charge in [0.2, 0.25) is 0 Å². The Labute approximate surface area is 72.4 Å². The van der Waals surface area contributed by atoms with Crippen LogP contribution in [-0.4, -0.2) is 0 Å². The Morgan fingerprint density at radius 1 is 1.25 bits per heavy atom. The second-order valence-electron chi connectivity index (χ2n) is 3.00. The summed E-state index contributed by atoms with van der Waals surface area (Å²) >= 11 is 0. The molecule has 0 amide bonds. The monoisotopic (exact) mass is 160 g/mol. The summed E-state index contributed by atoms with van der Waals surface area (Å²) < 4.78 is 5.34. The quantitative estimate of drug-likeness (QED) is 0.656. The molecule has 1 nitrogen and oxygen atoms in total. The van der Waals surface area contributed by atoms with Crippen LogP contribution in [0, 0.1) is 0 Å². The van der Waals surface area contributed by atoms with Crippen molar-refractivity contribution in [3.05, 3.63) is 36.1 Å². The standard InChI is InChI=1S/C11H12O/c1-2-4-9-7-8-12-11-6-3-5-10(9)11/h3,5-8H,2,4H2,1H3. The van der Waals surface area contributed by atoms with Gasteiger partial charge in [-0.05, 0) is 24.1 Å². The Kier molecular flexibility index (Phi) is 1.86. The summed E-state index contributed by atoms with van der Waals surface area (Å²) in [6.07, 6.45) is 4.09. The molecule has 1 aliphatic carbocycles. The zero-order chi connectivity index (χ0) is 8.39. The molecule has 0 saturated carbocycles. The molecule has 1 heterocycles. The minimum atomic E-state index is 1.00. The highest BCUT2D eigenvalue weighted by Gasteiger charge is 2.07. The summed E-state index contributed by atoms with van der Waals surface area (Å²) in [6.45, 7) is 2.19. The van der Waals surface area contributed by atoms with Gasteiger partial charge in [0, 0.05) is 5.56 Å². The van der Waals surface area contributed by atoms with Crippen LogP contribution in [0.15, 0.2) is 34.9 Å². The summed E-state index contributed by atoms with van der Waals surface area (Å²) in [5, 5.41) is 0. The molecule has 0 N–H and O–H groups in total. The summed E-state index contributed by atoms with van der Waals surface area (Å²) in [6, 6.07) is 8.22. The van der Waals surface area contributed by atoms with Gasteiger partial charge in [0.05, 0.1) is 6.26 Å². The number of fused-ring (bicyclic) bond motifs is 1. The van der Waals surface area contributed by atoms with Gasteiger partial charge in [-0.15, -0.1) is 0 Å². The van der Waals surface area contributed by atoms with Gasteiger partial charge in [0.25, 0.3) is 0 Å². The van der Waals surface area contributed by atoms with Crippen LogP contribution in [-0.2, 0) is 6.42 Å². The summed E-state index contributed by atoms with van der Waals surface area (Å²) in [7, 11) is 0. The first-order valence-electron chi connectivity index (χ1n) is 4.37. The van der Waals surface area contributed by atoms with Crippen molar-refractivity contribution in [2.24, 2.45) is 0 Å². The predicted molar refractivity (Wildman–Crippen MR) is 49.3 cm³/mol. The van der Waals surface area contributed by atoms with Gasteiger partial charge < -0.3 is 4.42 Å². The molecule has 0 saturated heterocycles. The topological polar surface area (TPSA) is 13.1 Å². The fraction of sp³-hybridized carbons (Fsp3) is 0.273. The third-order valence-corrected chi connectivity index (χ3v) is 2.11. The highest BCUT2D eigenvalue weighted by atomic mass is 16.3. The van der Waals surface area contributed by atoms with Gasteiger partial charge in [-0.1, -0.05) is 25.5 Å². The fourth-order valence-corrected chi connectivity index (χ4v) is 1.54. The molecule has 0 atom stereocenters. The summed E-state index contributed by atoms with van der Waals surface area (Å²) in [5.74, 6) is 1.00. The van der Waals surface area contributed by atoms with Gasteiger partial charge in [-0.25, -0.2) is 0 Å². The van der Waals surface area contributed by atoms with Crippen LogP contribution in [0.25, 0.3) is 11.3 Å². The Morgan fingerprint density at radius 2 is 2.17 bits per heavy atom. The van der Waals surface area contributed by atoms with Crippen LogP contribution in [0.5, 0.6) is 0 Å². The van der Waals surface area contributed by atoms with Crippen molar-refractivity contribution < 1.29 is 4.42 Å². The Hall–Kier alpha value is -1.24. The maximum absolute atomic E-state index is 5.34. The van der Waals surface area contributed by atoms with Crippen LogP contribution in [0.3, 0.4) is 0 Å². The molecule has 0 spiro atoms. The maximum Gasteiger partial charge on any atom is 0.134 e. The maximum atomic E-state index is 5.34. The minimum absolute atomic E-state index is 1.00. The second kappa shape index (κ2) is 3.02. The van der Waals surface area contributed by atoms with Gasteiger partial charge in [0.15, 0.2) is 0 Å². The van der Waals surface area contributed by atoms with Crippen LogP contribution < -0.4 is 0 Å². The first-order valence-corrected chi connectivity index (χ1v) is 4.37. The average molecular weight is 160 g/mol. The summed E-state index contributed by atoms with van der Waals surface area (Å²) in [4.78, 5) is 0. The first kappa shape index (κ1) is 7.41. The lowest BCUT2D eigenvalue weighted by Crippen LogP contribution is -1.86. The van der Waals surface area contributed by atoms with E-state index in [9.17, 15) is 0 Å². The molecule has 2 aliphatic rings. The Balaban J connectivity index is 2.48. The second-order valence-corrected chi connectivity index (χ2v) is 3.00. The zero-order valence-corrected chi connectivity index (χ0v) is 7.21. The van der Waals surface area contributed by atoms with E-state index in [4.69, 9.17) is 4.42 Å². The third-order valence-electron chi connectivity index (χ3n) is 2.11. The van der Waals surface area contributed by atoms with Gasteiger partial charge in [-0.3, -0.25) is 0 Å². The van der Waals surface area contributed by atoms with Crippen LogP contribution in [0.4, 0.5) is 0 Å². The molecule has 0 bridgehead atoms. The smallest absolute Gasteiger partial charge is 0.134 e. The molecular weight excluding hydrogens is 148 g/mol. The van der Waals surface area contributed by atoms with E-state index in [1.165, 1.54) is 17.5 Å². The molecule has 12 heavy (non-hydrogen) atoms. The largest absolute Gasteiger partial charge is 0.464 e. The Bertz CT molecular complexity index is 335. The predicted octanol–water partition coefficient (Wildman–Crippen LogP) is 3.34. The number of rotatable bonds is 2. The van der Waals surface area contributed by atoms with E-state index in [1.54, 1.807) is 6.26 Å². The molecule has 1 aliphatic heterocycles. The average Bonchev–Trinajstić information content (AvgIpc) is 2.53. The first-order chi connectivity index (χ1) is 5.92. The number of hydrogen-bond acceptors (Lipinski definition) is 1. The normalized spacial score (nSPS) is 10.8. The van der Waals surface area contributed by atoms with Crippen molar-refractivity contribution in [1.29, 1.82) is 0 Å². The van der Waals surface area contributed by atoms with E-state index in [0.717, 1.165) is 12.2 Å². The van der Waals surface area contributed by atoms with E-state index in [1.807, 2.05) is 12.1 Å². The molecule has 0 fully saturated rings. The van der Waals surface area contributed by atoms with Gasteiger partial charge in [-0.2, -0.15) is 0 Å². The molecular formula is C11H12O. The lowest BCUT2D eigenvalue weighted by Gasteiger charge is -2.04. The van der Waals surface area contributed by atoms with E-state index in [-0.39, 0.29) is 0 Å². The molecule has 0 aromatic heterocycles. The van der Waals surface area contributed by atoms with Crippen molar-refractivity contribution in [1.82, 2.24) is 0 Å². The number of aryl methyl sites for hydroxylation is 1.